The van der Waals surface area contributed by atoms with Crippen molar-refractivity contribution in [3.05, 3.63) is 49.6 Å². The molecule has 3 aliphatic rings. The van der Waals surface area contributed by atoms with E-state index in [4.69, 9.17) is 5.73 Å². The molecule has 1 atom stereocenters. The Morgan fingerprint density at radius 2 is 2.14 bits per heavy atom. The number of thioether (sulfide) groups is 1. The summed E-state index contributed by atoms with van der Waals surface area (Å²) in [5.74, 6) is -1.15. The lowest BCUT2D eigenvalue weighted by molar-refractivity contribution is -0.113. The molecular formula is C21H24N2O3S2. The average molecular weight is 417 g/mol. The summed E-state index contributed by atoms with van der Waals surface area (Å²) in [5.41, 5.74) is 8.83. The van der Waals surface area contributed by atoms with Gasteiger partial charge in [-0.1, -0.05) is 31.6 Å². The lowest BCUT2D eigenvalue weighted by Crippen LogP contribution is -2.23. The van der Waals surface area contributed by atoms with Crippen molar-refractivity contribution in [3.63, 3.8) is 0 Å². The molecule has 1 unspecified atom stereocenters. The van der Waals surface area contributed by atoms with Crippen LogP contribution in [-0.4, -0.2) is 23.5 Å². The predicted octanol–water partition coefficient (Wildman–Crippen LogP) is 4.32. The van der Waals surface area contributed by atoms with Crippen LogP contribution >= 0.6 is 23.1 Å². The van der Waals surface area contributed by atoms with Gasteiger partial charge in [0.2, 0.25) is 0 Å². The second-order valence-corrected chi connectivity index (χ2v) is 10.4. The fourth-order valence-corrected chi connectivity index (χ4v) is 6.38. The third kappa shape index (κ3) is 3.47. The summed E-state index contributed by atoms with van der Waals surface area (Å²) >= 11 is 2.98. The zero-order valence-corrected chi connectivity index (χ0v) is 17.6. The molecule has 1 aromatic heterocycles. The van der Waals surface area contributed by atoms with E-state index in [-0.39, 0.29) is 22.8 Å². The molecule has 1 aliphatic heterocycles. The summed E-state index contributed by atoms with van der Waals surface area (Å²) in [6, 6.07) is 0. The molecule has 0 aromatic carbocycles. The molecule has 0 spiro atoms. The number of allylic oxidation sites excluding steroid dienone is 3. The van der Waals surface area contributed by atoms with Gasteiger partial charge in [0.15, 0.2) is 0 Å². The minimum absolute atomic E-state index is 0.0235. The number of fused-ring (bicyclic) bond motifs is 2. The number of hydrogen-bond acceptors (Lipinski definition) is 5. The molecule has 5 nitrogen and oxygen atoms in total. The third-order valence-corrected chi connectivity index (χ3v) is 8.00. The van der Waals surface area contributed by atoms with E-state index in [1.165, 1.54) is 11.3 Å². The second-order valence-electron chi connectivity index (χ2n) is 8.35. The monoisotopic (exact) mass is 416 g/mol. The Balaban J connectivity index is 1.59. The molecule has 2 heterocycles. The topological polar surface area (TPSA) is 92.4 Å². The van der Waals surface area contributed by atoms with E-state index in [1.807, 2.05) is 17.6 Å². The van der Waals surface area contributed by atoms with E-state index in [0.29, 0.717) is 17.1 Å². The van der Waals surface area contributed by atoms with Crippen LogP contribution in [0.25, 0.3) is 0 Å². The van der Waals surface area contributed by atoms with Crippen molar-refractivity contribution in [2.75, 3.05) is 11.9 Å². The van der Waals surface area contributed by atoms with Gasteiger partial charge in [-0.05, 0) is 47.0 Å². The van der Waals surface area contributed by atoms with Gasteiger partial charge in [0.05, 0.1) is 5.56 Å². The lowest BCUT2D eigenvalue weighted by atomic mass is 9.76. The van der Waals surface area contributed by atoms with Crippen LogP contribution in [0.1, 0.15) is 47.5 Å². The van der Waals surface area contributed by atoms with E-state index in [9.17, 15) is 14.7 Å². The Hall–Kier alpha value is -1.83. The van der Waals surface area contributed by atoms with Crippen molar-refractivity contribution in [1.29, 1.82) is 0 Å². The van der Waals surface area contributed by atoms with Gasteiger partial charge >= 0.3 is 5.97 Å². The number of amides is 1. The largest absolute Gasteiger partial charge is 0.478 e. The number of thiophene rings is 1. The van der Waals surface area contributed by atoms with Crippen molar-refractivity contribution < 1.29 is 14.7 Å². The molecule has 2 aliphatic carbocycles. The molecule has 0 saturated heterocycles. The van der Waals surface area contributed by atoms with Gasteiger partial charge < -0.3 is 16.2 Å². The van der Waals surface area contributed by atoms with Crippen LogP contribution in [0.3, 0.4) is 0 Å². The van der Waals surface area contributed by atoms with Crippen LogP contribution in [0.5, 0.6) is 0 Å². The summed E-state index contributed by atoms with van der Waals surface area (Å²) in [4.78, 5) is 27.2. The molecule has 28 heavy (non-hydrogen) atoms. The first kappa shape index (κ1) is 19.5. The maximum Gasteiger partial charge on any atom is 0.339 e. The zero-order chi connectivity index (χ0) is 20.1. The lowest BCUT2D eigenvalue weighted by Gasteiger charge is -2.29. The van der Waals surface area contributed by atoms with Gasteiger partial charge in [0.25, 0.3) is 5.91 Å². The number of nitrogens with two attached hydrogens (primary N) is 1. The molecule has 0 fully saturated rings. The molecule has 0 radical (unpaired) electrons. The van der Waals surface area contributed by atoms with Crippen molar-refractivity contribution in [2.45, 2.75) is 39.5 Å². The Kier molecular flexibility index (Phi) is 5.02. The van der Waals surface area contributed by atoms with E-state index in [2.05, 4.69) is 19.2 Å². The fourth-order valence-electron chi connectivity index (χ4n) is 4.12. The van der Waals surface area contributed by atoms with Crippen molar-refractivity contribution >= 4 is 40.0 Å². The summed E-state index contributed by atoms with van der Waals surface area (Å²) < 4.78 is 0. The summed E-state index contributed by atoms with van der Waals surface area (Å²) in [6.07, 6.45) is 7.43. The summed E-state index contributed by atoms with van der Waals surface area (Å²) in [6.45, 7) is 4.81. The molecule has 4 N–H and O–H groups in total. The number of hydrogen-bond donors (Lipinski definition) is 3. The summed E-state index contributed by atoms with van der Waals surface area (Å²) in [7, 11) is 0. The Bertz CT molecular complexity index is 953. The Morgan fingerprint density at radius 1 is 1.36 bits per heavy atom. The third-order valence-electron chi connectivity index (χ3n) is 5.73. The van der Waals surface area contributed by atoms with Crippen LogP contribution in [0.2, 0.25) is 0 Å². The Labute approximate surface area is 172 Å². The number of carbonyl (C=O) groups excluding carboxylic acids is 1. The highest BCUT2D eigenvalue weighted by molar-refractivity contribution is 8.06. The average Bonchev–Trinajstić information content (AvgIpc) is 3.20. The molecule has 0 bridgehead atoms. The highest BCUT2D eigenvalue weighted by Crippen LogP contribution is 2.47. The first-order valence-corrected chi connectivity index (χ1v) is 11.1. The molecule has 148 valence electrons. The van der Waals surface area contributed by atoms with Crippen molar-refractivity contribution in [3.8, 4) is 0 Å². The molecule has 4 rings (SSSR count). The number of nitrogens with one attached hydrogen (secondary N) is 1. The van der Waals surface area contributed by atoms with E-state index in [1.54, 1.807) is 11.8 Å². The minimum atomic E-state index is -0.966. The molecule has 0 saturated carbocycles. The quantitative estimate of drug-likeness (QED) is 0.680. The van der Waals surface area contributed by atoms with E-state index >= 15 is 0 Å². The second kappa shape index (κ2) is 7.21. The maximum absolute atomic E-state index is 13.0. The SMILES string of the molecule is CC1(C)CCc2sc(NC(=O)C3=CSC4=CC=C(CN)CC43)c(C(=O)O)c2C1. The number of aryl methyl sites for hydroxylation is 1. The van der Waals surface area contributed by atoms with E-state index < -0.39 is 5.97 Å². The van der Waals surface area contributed by atoms with Gasteiger partial charge in [0.1, 0.15) is 5.00 Å². The molecule has 1 amide bonds. The smallest absolute Gasteiger partial charge is 0.339 e. The predicted molar refractivity (Wildman–Crippen MR) is 115 cm³/mol. The van der Waals surface area contributed by atoms with Crippen LogP contribution in [0, 0.1) is 11.3 Å². The first-order valence-electron chi connectivity index (χ1n) is 9.44. The first-order chi connectivity index (χ1) is 13.3. The van der Waals surface area contributed by atoms with Crippen LogP contribution in [0.15, 0.2) is 33.6 Å². The highest BCUT2D eigenvalue weighted by Gasteiger charge is 2.35. The minimum Gasteiger partial charge on any atom is -0.478 e. The van der Waals surface area contributed by atoms with Gasteiger partial charge in [-0.15, -0.1) is 23.1 Å². The maximum atomic E-state index is 13.0. The van der Waals surface area contributed by atoms with Gasteiger partial charge in [-0.2, -0.15) is 0 Å². The number of aromatic carboxylic acids is 1. The van der Waals surface area contributed by atoms with Gasteiger partial charge in [-0.3, -0.25) is 4.79 Å². The number of carboxylic acids is 1. The normalized spacial score (nSPS) is 22.5. The van der Waals surface area contributed by atoms with Crippen LogP contribution in [0.4, 0.5) is 5.00 Å². The number of rotatable bonds is 4. The number of anilines is 1. The van der Waals surface area contributed by atoms with Crippen LogP contribution < -0.4 is 11.1 Å². The zero-order valence-electron chi connectivity index (χ0n) is 16.0. The standard InChI is InChI=1S/C21H24N2O3S2/c1-21(2)6-5-16-13(8-21)17(20(25)26)19(28-16)23-18(24)14-10-27-15-4-3-11(9-22)7-12(14)15/h3-4,10,12H,5-9,22H2,1-2H3,(H,23,24)(H,25,26). The molecular weight excluding hydrogens is 392 g/mol. The fraction of sp³-hybridized carbons (Fsp3) is 0.429. The van der Waals surface area contributed by atoms with Gasteiger partial charge in [-0.25, -0.2) is 4.79 Å². The van der Waals surface area contributed by atoms with E-state index in [0.717, 1.165) is 46.6 Å². The highest BCUT2D eigenvalue weighted by atomic mass is 32.2. The van der Waals surface area contributed by atoms with Crippen molar-refractivity contribution in [2.24, 2.45) is 17.1 Å². The molecule has 1 aromatic rings. The van der Waals surface area contributed by atoms with Crippen molar-refractivity contribution in [1.82, 2.24) is 0 Å². The van der Waals surface area contributed by atoms with Crippen LogP contribution in [-0.2, 0) is 17.6 Å². The molecule has 7 heteroatoms. The van der Waals surface area contributed by atoms with Gasteiger partial charge in [0, 0.05) is 22.9 Å². The number of carbonyl (C=O) groups is 2. The number of carboxylic acid groups (broad SMARTS) is 1. The Morgan fingerprint density at radius 3 is 2.86 bits per heavy atom. The summed E-state index contributed by atoms with van der Waals surface area (Å²) in [5, 5.41) is 15.1.